The van der Waals surface area contributed by atoms with Crippen LogP contribution in [-0.4, -0.2) is 60.3 Å². The molecule has 0 spiro atoms. The number of nitrogens with zero attached hydrogens (tertiary/aromatic N) is 2. The number of rotatable bonds is 5. The van der Waals surface area contributed by atoms with Crippen LogP contribution in [0.1, 0.15) is 24.9 Å². The molecule has 118 valence electrons. The van der Waals surface area contributed by atoms with Crippen LogP contribution in [0.25, 0.3) is 0 Å². The van der Waals surface area contributed by atoms with Gasteiger partial charge >= 0.3 is 0 Å². The first kappa shape index (κ1) is 16.4. The first-order valence-corrected chi connectivity index (χ1v) is 7.70. The quantitative estimate of drug-likeness (QED) is 0.857. The highest BCUT2D eigenvalue weighted by Gasteiger charge is 2.26. The fraction of sp³-hybridized carbons (Fsp3) is 0.625. The molecule has 21 heavy (non-hydrogen) atoms. The molecule has 1 fully saturated rings. The van der Waals surface area contributed by atoms with Crippen LogP contribution in [0.2, 0.25) is 0 Å². The van der Waals surface area contributed by atoms with Gasteiger partial charge in [0.05, 0.1) is 6.61 Å². The van der Waals surface area contributed by atoms with E-state index in [1.807, 2.05) is 19.1 Å². The zero-order valence-electron chi connectivity index (χ0n) is 12.7. The third-order valence-electron chi connectivity index (χ3n) is 4.14. The molecule has 3 N–H and O–H groups in total. The van der Waals surface area contributed by atoms with Crippen molar-refractivity contribution in [3.05, 3.63) is 35.6 Å². The van der Waals surface area contributed by atoms with Gasteiger partial charge < -0.3 is 10.8 Å². The van der Waals surface area contributed by atoms with Gasteiger partial charge in [0.1, 0.15) is 5.82 Å². The van der Waals surface area contributed by atoms with E-state index in [4.69, 9.17) is 10.8 Å². The molecule has 2 atom stereocenters. The highest BCUT2D eigenvalue weighted by atomic mass is 19.1. The number of halogens is 1. The summed E-state index contributed by atoms with van der Waals surface area (Å²) in [6.45, 7) is 6.78. The minimum atomic E-state index is -0.216. The number of aliphatic hydroxyl groups excluding tert-OH is 1. The predicted molar refractivity (Wildman–Crippen MR) is 82.5 cm³/mol. The fourth-order valence-corrected chi connectivity index (χ4v) is 3.14. The lowest BCUT2D eigenvalue weighted by Gasteiger charge is -2.33. The Hall–Kier alpha value is -1.01. The molecule has 0 aromatic heterocycles. The average Bonchev–Trinajstić information content (AvgIpc) is 2.67. The number of benzene rings is 1. The summed E-state index contributed by atoms with van der Waals surface area (Å²) in [4.78, 5) is 4.66. The zero-order chi connectivity index (χ0) is 15.2. The van der Waals surface area contributed by atoms with E-state index in [2.05, 4.69) is 9.80 Å². The molecular formula is C16H26FN3O. The largest absolute Gasteiger partial charge is 0.395 e. The standard InChI is InChI=1S/C16H26FN3O/c1-13(18)16(14-3-5-15(17)6-4-14)20-8-2-7-19(9-10-20)11-12-21/h3-6,13,16,21H,2,7-12,18H2,1H3. The molecule has 1 saturated heterocycles. The van der Waals surface area contributed by atoms with Crippen LogP contribution in [0.3, 0.4) is 0 Å². The van der Waals surface area contributed by atoms with E-state index in [0.717, 1.165) is 44.7 Å². The fourth-order valence-electron chi connectivity index (χ4n) is 3.14. The average molecular weight is 295 g/mol. The van der Waals surface area contributed by atoms with Crippen molar-refractivity contribution in [2.24, 2.45) is 5.73 Å². The number of hydrogen-bond acceptors (Lipinski definition) is 4. The van der Waals surface area contributed by atoms with Crippen molar-refractivity contribution < 1.29 is 9.50 Å². The lowest BCUT2D eigenvalue weighted by atomic mass is 9.99. The number of aliphatic hydroxyl groups is 1. The minimum Gasteiger partial charge on any atom is -0.395 e. The Kier molecular flexibility index (Phi) is 6.11. The van der Waals surface area contributed by atoms with E-state index >= 15 is 0 Å². The highest BCUT2D eigenvalue weighted by molar-refractivity contribution is 5.21. The van der Waals surface area contributed by atoms with E-state index in [1.54, 1.807) is 0 Å². The zero-order valence-corrected chi connectivity index (χ0v) is 12.7. The van der Waals surface area contributed by atoms with E-state index in [1.165, 1.54) is 12.1 Å². The second kappa shape index (κ2) is 7.84. The van der Waals surface area contributed by atoms with Gasteiger partial charge in [0.25, 0.3) is 0 Å². The maximum atomic E-state index is 13.1. The van der Waals surface area contributed by atoms with Gasteiger partial charge in [-0.2, -0.15) is 0 Å². The van der Waals surface area contributed by atoms with Crippen LogP contribution in [0.15, 0.2) is 24.3 Å². The highest BCUT2D eigenvalue weighted by Crippen LogP contribution is 2.25. The van der Waals surface area contributed by atoms with E-state index < -0.39 is 0 Å². The van der Waals surface area contributed by atoms with Gasteiger partial charge in [-0.15, -0.1) is 0 Å². The van der Waals surface area contributed by atoms with Crippen molar-refractivity contribution in [1.29, 1.82) is 0 Å². The lowest BCUT2D eigenvalue weighted by molar-refractivity contribution is 0.169. The lowest BCUT2D eigenvalue weighted by Crippen LogP contribution is -2.41. The van der Waals surface area contributed by atoms with E-state index in [9.17, 15) is 4.39 Å². The van der Waals surface area contributed by atoms with Gasteiger partial charge in [-0.25, -0.2) is 4.39 Å². The Labute approximate surface area is 126 Å². The molecule has 2 rings (SSSR count). The van der Waals surface area contributed by atoms with Crippen molar-refractivity contribution in [3.63, 3.8) is 0 Å². The summed E-state index contributed by atoms with van der Waals surface area (Å²) in [5.41, 5.74) is 7.26. The van der Waals surface area contributed by atoms with Crippen LogP contribution in [-0.2, 0) is 0 Å². The molecule has 0 saturated carbocycles. The molecule has 1 aliphatic rings. The van der Waals surface area contributed by atoms with Gasteiger partial charge in [-0.05, 0) is 37.6 Å². The van der Waals surface area contributed by atoms with Gasteiger partial charge in [0, 0.05) is 38.3 Å². The summed E-state index contributed by atoms with van der Waals surface area (Å²) in [5.74, 6) is -0.216. The minimum absolute atomic E-state index is 0.0140. The monoisotopic (exact) mass is 295 g/mol. The summed E-state index contributed by atoms with van der Waals surface area (Å²) in [6.07, 6.45) is 1.06. The Morgan fingerprint density at radius 3 is 2.52 bits per heavy atom. The van der Waals surface area contributed by atoms with Gasteiger partial charge in [0.15, 0.2) is 0 Å². The molecule has 0 amide bonds. The van der Waals surface area contributed by atoms with Gasteiger partial charge in [-0.1, -0.05) is 12.1 Å². The molecule has 1 heterocycles. The smallest absolute Gasteiger partial charge is 0.123 e. The van der Waals surface area contributed by atoms with Crippen LogP contribution in [0, 0.1) is 5.82 Å². The maximum Gasteiger partial charge on any atom is 0.123 e. The predicted octanol–water partition coefficient (Wildman–Crippen LogP) is 1.21. The molecule has 2 unspecified atom stereocenters. The Morgan fingerprint density at radius 1 is 1.19 bits per heavy atom. The van der Waals surface area contributed by atoms with Crippen LogP contribution >= 0.6 is 0 Å². The van der Waals surface area contributed by atoms with Crippen molar-refractivity contribution in [2.75, 3.05) is 39.3 Å². The molecule has 4 nitrogen and oxygen atoms in total. The molecule has 5 heteroatoms. The topological polar surface area (TPSA) is 52.7 Å². The Bertz CT molecular complexity index is 424. The summed E-state index contributed by atoms with van der Waals surface area (Å²) in [7, 11) is 0. The molecule has 1 aliphatic heterocycles. The summed E-state index contributed by atoms with van der Waals surface area (Å²) >= 11 is 0. The van der Waals surface area contributed by atoms with Crippen LogP contribution < -0.4 is 5.73 Å². The normalized spacial score (nSPS) is 21.0. The molecule has 1 aromatic carbocycles. The van der Waals surface area contributed by atoms with Crippen molar-refractivity contribution in [2.45, 2.75) is 25.4 Å². The van der Waals surface area contributed by atoms with E-state index in [0.29, 0.717) is 0 Å². The molecule has 1 aromatic rings. The maximum absolute atomic E-state index is 13.1. The van der Waals surface area contributed by atoms with Crippen LogP contribution in [0.4, 0.5) is 4.39 Å². The Balaban J connectivity index is 2.09. The van der Waals surface area contributed by atoms with Crippen molar-refractivity contribution in [1.82, 2.24) is 9.80 Å². The molecule has 0 radical (unpaired) electrons. The molecule has 0 aliphatic carbocycles. The Morgan fingerprint density at radius 2 is 1.90 bits per heavy atom. The third kappa shape index (κ3) is 4.48. The second-order valence-electron chi connectivity index (χ2n) is 5.81. The second-order valence-corrected chi connectivity index (χ2v) is 5.81. The van der Waals surface area contributed by atoms with Crippen LogP contribution in [0.5, 0.6) is 0 Å². The van der Waals surface area contributed by atoms with Gasteiger partial charge in [0.2, 0.25) is 0 Å². The number of β-amino-alcohol motifs (C(OH)–C–C–N with tert-alkyl or cyclic N) is 1. The van der Waals surface area contributed by atoms with Crippen molar-refractivity contribution in [3.8, 4) is 0 Å². The van der Waals surface area contributed by atoms with Gasteiger partial charge in [-0.3, -0.25) is 9.80 Å². The number of hydrogen-bond donors (Lipinski definition) is 2. The summed E-state index contributed by atoms with van der Waals surface area (Å²) in [5, 5.41) is 9.07. The van der Waals surface area contributed by atoms with E-state index in [-0.39, 0.29) is 24.5 Å². The molecular weight excluding hydrogens is 269 g/mol. The summed E-state index contributed by atoms with van der Waals surface area (Å²) in [6, 6.07) is 6.76. The summed E-state index contributed by atoms with van der Waals surface area (Å²) < 4.78 is 13.1. The van der Waals surface area contributed by atoms with Crippen molar-refractivity contribution >= 4 is 0 Å². The number of nitrogens with two attached hydrogens (primary N) is 1. The SMILES string of the molecule is CC(N)C(c1ccc(F)cc1)N1CCCN(CCO)CC1. The molecule has 0 bridgehead atoms. The third-order valence-corrected chi connectivity index (χ3v) is 4.14. The first-order chi connectivity index (χ1) is 10.1. The first-order valence-electron chi connectivity index (χ1n) is 7.70.